The van der Waals surface area contributed by atoms with Crippen LogP contribution in [-0.4, -0.2) is 48.1 Å². The molecule has 1 saturated carbocycles. The minimum absolute atomic E-state index is 0.00888. The van der Waals surface area contributed by atoms with Crippen LogP contribution in [0.3, 0.4) is 0 Å². The van der Waals surface area contributed by atoms with Crippen LogP contribution in [0, 0.1) is 11.7 Å². The molecule has 1 aliphatic carbocycles. The summed E-state index contributed by atoms with van der Waals surface area (Å²) in [5.41, 5.74) is 1.90. The number of hydrogen-bond donors (Lipinski definition) is 0. The topological polar surface area (TPSA) is 62.2 Å². The number of halogens is 1. The highest BCUT2D eigenvalue weighted by atomic mass is 19.1. The summed E-state index contributed by atoms with van der Waals surface area (Å²) in [4.78, 5) is 27.1. The third kappa shape index (κ3) is 4.31. The maximum atomic E-state index is 14.6. The Bertz CT molecular complexity index is 1020. The van der Waals surface area contributed by atoms with Crippen molar-refractivity contribution < 1.29 is 18.7 Å². The van der Waals surface area contributed by atoms with E-state index in [1.165, 1.54) is 16.0 Å². The van der Waals surface area contributed by atoms with Crippen LogP contribution in [0.1, 0.15) is 42.9 Å². The third-order valence-corrected chi connectivity index (χ3v) is 6.04. The van der Waals surface area contributed by atoms with E-state index >= 15 is 0 Å². The first-order valence-electron chi connectivity index (χ1n) is 10.5. The summed E-state index contributed by atoms with van der Waals surface area (Å²) in [5, 5.41) is 5.90. The number of likely N-dealkylation sites (N-methyl/N-ethyl adjacent to an activating group) is 1. The molecule has 2 amide bonds. The molecule has 7 heteroatoms. The summed E-state index contributed by atoms with van der Waals surface area (Å²) in [5.74, 6) is -0.0429. The quantitative estimate of drug-likeness (QED) is 0.711. The van der Waals surface area contributed by atoms with Crippen LogP contribution in [0.5, 0.6) is 5.75 Å². The van der Waals surface area contributed by atoms with Crippen LogP contribution in [0.2, 0.25) is 0 Å². The van der Waals surface area contributed by atoms with Crippen molar-refractivity contribution >= 4 is 17.5 Å². The van der Waals surface area contributed by atoms with E-state index in [4.69, 9.17) is 4.74 Å². The minimum Gasteiger partial charge on any atom is -0.497 e. The number of carbonyl (C=O) groups excluding carboxylic acids is 2. The van der Waals surface area contributed by atoms with Crippen LogP contribution in [0.15, 0.2) is 53.6 Å². The highest BCUT2D eigenvalue weighted by molar-refractivity contribution is 6.03. The zero-order chi connectivity index (χ0) is 22.0. The fraction of sp³-hybridized carbons (Fsp3) is 0.375. The molecule has 162 valence electrons. The molecule has 0 radical (unpaired) electrons. The summed E-state index contributed by atoms with van der Waals surface area (Å²) >= 11 is 0. The summed E-state index contributed by atoms with van der Waals surface area (Å²) in [7, 11) is 3.22. The van der Waals surface area contributed by atoms with Crippen LogP contribution in [-0.2, 0) is 9.59 Å². The second-order valence-electron chi connectivity index (χ2n) is 8.08. The van der Waals surface area contributed by atoms with Crippen LogP contribution in [0.4, 0.5) is 4.39 Å². The number of hydrogen-bond acceptors (Lipinski definition) is 4. The van der Waals surface area contributed by atoms with Crippen molar-refractivity contribution in [1.82, 2.24) is 9.91 Å². The van der Waals surface area contributed by atoms with Crippen molar-refractivity contribution in [3.63, 3.8) is 0 Å². The van der Waals surface area contributed by atoms with Gasteiger partial charge in [0, 0.05) is 30.5 Å². The van der Waals surface area contributed by atoms with Crippen molar-refractivity contribution in [2.45, 2.75) is 31.7 Å². The van der Waals surface area contributed by atoms with Crippen molar-refractivity contribution in [3.05, 3.63) is 65.5 Å². The number of carbonyl (C=O) groups is 2. The summed E-state index contributed by atoms with van der Waals surface area (Å²) < 4.78 is 19.9. The van der Waals surface area contributed by atoms with E-state index in [0.29, 0.717) is 23.4 Å². The number of methoxy groups -OCH3 is 1. The predicted octanol–water partition coefficient (Wildman–Crippen LogP) is 3.77. The monoisotopic (exact) mass is 423 g/mol. The van der Waals surface area contributed by atoms with Gasteiger partial charge in [-0.05, 0) is 31.0 Å². The number of benzene rings is 2. The molecule has 1 fully saturated rings. The van der Waals surface area contributed by atoms with Gasteiger partial charge in [-0.2, -0.15) is 5.10 Å². The van der Waals surface area contributed by atoms with Crippen molar-refractivity contribution in [1.29, 1.82) is 0 Å². The van der Waals surface area contributed by atoms with Crippen molar-refractivity contribution in [2.75, 3.05) is 20.7 Å². The van der Waals surface area contributed by atoms with Crippen LogP contribution in [0.25, 0.3) is 0 Å². The van der Waals surface area contributed by atoms with E-state index in [2.05, 4.69) is 5.10 Å². The summed E-state index contributed by atoms with van der Waals surface area (Å²) in [6.45, 7) is -0.0881. The van der Waals surface area contributed by atoms with E-state index in [0.717, 1.165) is 24.8 Å². The molecule has 1 aliphatic heterocycles. The normalized spacial score (nSPS) is 18.4. The Hall–Kier alpha value is -3.22. The lowest BCUT2D eigenvalue weighted by Gasteiger charge is -2.30. The van der Waals surface area contributed by atoms with Gasteiger partial charge in [-0.3, -0.25) is 9.59 Å². The largest absolute Gasteiger partial charge is 0.497 e. The van der Waals surface area contributed by atoms with Gasteiger partial charge < -0.3 is 9.64 Å². The molecular formula is C24H26FN3O3. The number of nitrogens with zero attached hydrogens (tertiary/aromatic N) is 3. The molecule has 2 aliphatic rings. The Morgan fingerprint density at radius 3 is 2.65 bits per heavy atom. The lowest BCUT2D eigenvalue weighted by molar-refractivity contribution is -0.144. The molecule has 0 spiro atoms. The van der Waals surface area contributed by atoms with E-state index in [1.807, 2.05) is 24.3 Å². The average molecular weight is 423 g/mol. The van der Waals surface area contributed by atoms with Crippen molar-refractivity contribution in [3.8, 4) is 5.75 Å². The number of hydrazone groups is 1. The van der Waals surface area contributed by atoms with Gasteiger partial charge in [-0.1, -0.05) is 36.8 Å². The highest BCUT2D eigenvalue weighted by Crippen LogP contribution is 2.35. The van der Waals surface area contributed by atoms with Gasteiger partial charge in [0.25, 0.3) is 5.91 Å². The standard InChI is InChI=1S/C24H26FN3O3/c1-27(24(30)16-7-5-8-16)15-23(29)28-22(19-11-3-4-12-20(19)25)14-21(26-28)17-9-6-10-18(13-17)31-2/h3-4,6,9-13,16,22H,5,7-8,14-15H2,1-2H3/t22-/m0/s1. The maximum absolute atomic E-state index is 14.6. The molecule has 0 bridgehead atoms. The molecule has 31 heavy (non-hydrogen) atoms. The van der Waals surface area contributed by atoms with Gasteiger partial charge in [-0.15, -0.1) is 0 Å². The summed E-state index contributed by atoms with van der Waals surface area (Å²) in [6.07, 6.45) is 3.17. The maximum Gasteiger partial charge on any atom is 0.262 e. The predicted molar refractivity (Wildman–Crippen MR) is 115 cm³/mol. The SMILES string of the molecule is COc1cccc(C2=NN(C(=O)CN(C)C(=O)C3CCC3)[C@H](c3ccccc3F)C2)c1. The molecule has 2 aromatic carbocycles. The third-order valence-electron chi connectivity index (χ3n) is 6.04. The molecule has 0 aromatic heterocycles. The highest BCUT2D eigenvalue weighted by Gasteiger charge is 2.36. The zero-order valence-corrected chi connectivity index (χ0v) is 17.8. The Morgan fingerprint density at radius 1 is 1.19 bits per heavy atom. The smallest absolute Gasteiger partial charge is 0.262 e. The number of ether oxygens (including phenoxy) is 1. The molecule has 0 saturated heterocycles. The molecule has 6 nitrogen and oxygen atoms in total. The first kappa shape index (κ1) is 21.0. The van der Waals surface area contributed by atoms with Gasteiger partial charge >= 0.3 is 0 Å². The lowest BCUT2D eigenvalue weighted by atomic mass is 9.84. The number of amides is 2. The zero-order valence-electron chi connectivity index (χ0n) is 17.8. The van der Waals surface area contributed by atoms with Gasteiger partial charge in [0.15, 0.2) is 0 Å². The average Bonchev–Trinajstić information content (AvgIpc) is 3.18. The molecule has 0 unspecified atom stereocenters. The second-order valence-corrected chi connectivity index (χ2v) is 8.08. The Kier molecular flexibility index (Phi) is 6.02. The Labute approximate surface area is 181 Å². The molecule has 0 N–H and O–H groups in total. The van der Waals surface area contributed by atoms with Crippen LogP contribution >= 0.6 is 0 Å². The Balaban J connectivity index is 1.61. The van der Waals surface area contributed by atoms with E-state index in [-0.39, 0.29) is 30.1 Å². The second kappa shape index (κ2) is 8.88. The van der Waals surface area contributed by atoms with Gasteiger partial charge in [0.1, 0.15) is 18.1 Å². The first-order valence-corrected chi connectivity index (χ1v) is 10.5. The van der Waals surface area contributed by atoms with E-state index < -0.39 is 6.04 Å². The fourth-order valence-corrected chi connectivity index (χ4v) is 4.03. The van der Waals surface area contributed by atoms with Gasteiger partial charge in [0.05, 0.1) is 18.9 Å². The minimum atomic E-state index is -0.567. The van der Waals surface area contributed by atoms with Crippen LogP contribution < -0.4 is 4.74 Å². The van der Waals surface area contributed by atoms with Crippen molar-refractivity contribution in [2.24, 2.45) is 11.0 Å². The van der Waals surface area contributed by atoms with E-state index in [1.54, 1.807) is 32.4 Å². The van der Waals surface area contributed by atoms with Gasteiger partial charge in [-0.25, -0.2) is 9.40 Å². The summed E-state index contributed by atoms with van der Waals surface area (Å²) in [6, 6.07) is 13.3. The lowest BCUT2D eigenvalue weighted by Crippen LogP contribution is -2.43. The number of rotatable bonds is 6. The van der Waals surface area contributed by atoms with Gasteiger partial charge in [0.2, 0.25) is 5.91 Å². The molecule has 4 rings (SSSR count). The Morgan fingerprint density at radius 2 is 1.97 bits per heavy atom. The molecule has 1 heterocycles. The molecule has 1 atom stereocenters. The molecule has 2 aromatic rings. The van der Waals surface area contributed by atoms with E-state index in [9.17, 15) is 14.0 Å². The molecular weight excluding hydrogens is 397 g/mol. The first-order chi connectivity index (χ1) is 15.0. The fourth-order valence-electron chi connectivity index (χ4n) is 4.03.